The molecule has 7 heteroatoms. The Labute approximate surface area is 108 Å². The number of carbonyl (C=O) groups is 2. The minimum Gasteiger partial charge on any atom is -0.478 e. The summed E-state index contributed by atoms with van der Waals surface area (Å²) in [7, 11) is 0. The van der Waals surface area contributed by atoms with Crippen LogP contribution in [0, 0.1) is 0 Å². The van der Waals surface area contributed by atoms with Gasteiger partial charge in [-0.25, -0.2) is 14.5 Å². The van der Waals surface area contributed by atoms with E-state index in [2.05, 4.69) is 15.4 Å². The van der Waals surface area contributed by atoms with Gasteiger partial charge in [0, 0.05) is 6.92 Å². The van der Waals surface area contributed by atoms with Crippen molar-refractivity contribution < 1.29 is 14.7 Å². The fourth-order valence-electron chi connectivity index (χ4n) is 1.58. The van der Waals surface area contributed by atoms with E-state index in [0.717, 1.165) is 5.56 Å². The van der Waals surface area contributed by atoms with E-state index in [4.69, 9.17) is 5.11 Å². The third kappa shape index (κ3) is 3.38. The monoisotopic (exact) mass is 260 g/mol. The quantitative estimate of drug-likeness (QED) is 0.854. The van der Waals surface area contributed by atoms with Crippen molar-refractivity contribution in [3.8, 4) is 0 Å². The highest BCUT2D eigenvalue weighted by Crippen LogP contribution is 2.07. The van der Waals surface area contributed by atoms with Crippen molar-refractivity contribution >= 4 is 17.8 Å². The number of hydrogen-bond donors (Lipinski definition) is 2. The summed E-state index contributed by atoms with van der Waals surface area (Å²) in [6.45, 7) is 1.75. The van der Waals surface area contributed by atoms with Crippen LogP contribution in [-0.2, 0) is 11.3 Å². The number of nitrogens with zero attached hydrogens (tertiary/aromatic N) is 3. The summed E-state index contributed by atoms with van der Waals surface area (Å²) in [6.07, 6.45) is 1.47. The number of carbonyl (C=O) groups excluding carboxylic acids is 1. The van der Waals surface area contributed by atoms with Gasteiger partial charge in [0.15, 0.2) is 0 Å². The van der Waals surface area contributed by atoms with Crippen LogP contribution in [0.25, 0.3) is 0 Å². The molecule has 0 fully saturated rings. The van der Waals surface area contributed by atoms with Crippen molar-refractivity contribution in [1.29, 1.82) is 0 Å². The van der Waals surface area contributed by atoms with Crippen LogP contribution in [0.3, 0.4) is 0 Å². The zero-order valence-corrected chi connectivity index (χ0v) is 10.2. The molecule has 0 atom stereocenters. The molecule has 0 unspecified atom stereocenters. The number of rotatable bonds is 4. The molecular weight excluding hydrogens is 248 g/mol. The maximum atomic E-state index is 10.8. The summed E-state index contributed by atoms with van der Waals surface area (Å²) >= 11 is 0. The number of aromatic carboxylic acids is 1. The molecule has 0 aliphatic heterocycles. The SMILES string of the molecule is CC(=O)Nc1ncn(Cc2cccc(C(=O)O)c2)n1. The lowest BCUT2D eigenvalue weighted by Crippen LogP contribution is -2.08. The summed E-state index contributed by atoms with van der Waals surface area (Å²) in [4.78, 5) is 25.6. The van der Waals surface area contributed by atoms with E-state index in [0.29, 0.717) is 6.54 Å². The van der Waals surface area contributed by atoms with Crippen molar-refractivity contribution in [3.63, 3.8) is 0 Å². The Bertz CT molecular complexity index is 621. The van der Waals surface area contributed by atoms with Gasteiger partial charge in [-0.05, 0) is 17.7 Å². The smallest absolute Gasteiger partial charge is 0.335 e. The van der Waals surface area contributed by atoms with E-state index in [-0.39, 0.29) is 17.4 Å². The number of anilines is 1. The Kier molecular flexibility index (Phi) is 3.56. The standard InChI is InChI=1S/C12H12N4O3/c1-8(17)14-12-13-7-16(15-12)6-9-3-2-4-10(5-9)11(18)19/h2-5,7H,6H2,1H3,(H,18,19)(H,14,15,17). The Morgan fingerprint density at radius 2 is 2.21 bits per heavy atom. The largest absolute Gasteiger partial charge is 0.478 e. The van der Waals surface area contributed by atoms with E-state index in [1.54, 1.807) is 18.2 Å². The Morgan fingerprint density at radius 1 is 1.42 bits per heavy atom. The van der Waals surface area contributed by atoms with Crippen molar-refractivity contribution in [3.05, 3.63) is 41.7 Å². The van der Waals surface area contributed by atoms with Crippen LogP contribution >= 0.6 is 0 Å². The van der Waals surface area contributed by atoms with Crippen LogP contribution in [0.5, 0.6) is 0 Å². The zero-order valence-electron chi connectivity index (χ0n) is 10.2. The Hall–Kier alpha value is -2.70. The normalized spacial score (nSPS) is 10.2. The molecular formula is C12H12N4O3. The van der Waals surface area contributed by atoms with Crippen molar-refractivity contribution in [2.75, 3.05) is 5.32 Å². The highest BCUT2D eigenvalue weighted by molar-refractivity contribution is 5.87. The maximum Gasteiger partial charge on any atom is 0.335 e. The molecule has 98 valence electrons. The van der Waals surface area contributed by atoms with Crippen LogP contribution in [0.15, 0.2) is 30.6 Å². The first kappa shape index (κ1) is 12.7. The first-order chi connectivity index (χ1) is 9.04. The minimum absolute atomic E-state index is 0.222. The highest BCUT2D eigenvalue weighted by atomic mass is 16.4. The second-order valence-corrected chi connectivity index (χ2v) is 3.95. The van der Waals surface area contributed by atoms with Crippen LogP contribution in [0.1, 0.15) is 22.8 Å². The number of hydrogen-bond acceptors (Lipinski definition) is 4. The summed E-state index contributed by atoms with van der Waals surface area (Å²) < 4.78 is 1.52. The number of nitrogens with one attached hydrogen (secondary N) is 1. The third-order valence-corrected chi connectivity index (χ3v) is 2.34. The first-order valence-corrected chi connectivity index (χ1v) is 5.54. The summed E-state index contributed by atoms with van der Waals surface area (Å²) in [5.74, 6) is -0.994. The van der Waals surface area contributed by atoms with Crippen LogP contribution in [-0.4, -0.2) is 31.7 Å². The van der Waals surface area contributed by atoms with Crippen molar-refractivity contribution in [2.45, 2.75) is 13.5 Å². The van der Waals surface area contributed by atoms with Gasteiger partial charge in [-0.3, -0.25) is 10.1 Å². The third-order valence-electron chi connectivity index (χ3n) is 2.34. The van der Waals surface area contributed by atoms with Gasteiger partial charge >= 0.3 is 5.97 Å². The minimum atomic E-state index is -0.973. The molecule has 2 N–H and O–H groups in total. The molecule has 1 heterocycles. The summed E-state index contributed by atoms with van der Waals surface area (Å²) in [5, 5.41) is 15.4. The lowest BCUT2D eigenvalue weighted by Gasteiger charge is -2.02. The van der Waals surface area contributed by atoms with Gasteiger partial charge in [-0.15, -0.1) is 5.10 Å². The van der Waals surface area contributed by atoms with Gasteiger partial charge in [-0.2, -0.15) is 0 Å². The highest BCUT2D eigenvalue weighted by Gasteiger charge is 2.06. The molecule has 0 radical (unpaired) electrons. The molecule has 7 nitrogen and oxygen atoms in total. The molecule has 0 aliphatic rings. The van der Waals surface area contributed by atoms with E-state index in [9.17, 15) is 9.59 Å². The molecule has 2 aromatic rings. The van der Waals surface area contributed by atoms with Gasteiger partial charge < -0.3 is 5.11 Å². The molecule has 1 aromatic carbocycles. The summed E-state index contributed by atoms with van der Waals surface area (Å²) in [6, 6.07) is 6.56. The molecule has 0 aliphatic carbocycles. The molecule has 0 spiro atoms. The number of carboxylic acids is 1. The predicted octanol–water partition coefficient (Wildman–Crippen LogP) is 0.983. The van der Waals surface area contributed by atoms with E-state index >= 15 is 0 Å². The number of amides is 1. The lowest BCUT2D eigenvalue weighted by molar-refractivity contribution is -0.114. The number of benzene rings is 1. The van der Waals surface area contributed by atoms with Crippen molar-refractivity contribution in [2.24, 2.45) is 0 Å². The second-order valence-electron chi connectivity index (χ2n) is 3.95. The van der Waals surface area contributed by atoms with Gasteiger partial charge in [-0.1, -0.05) is 12.1 Å². The molecule has 1 amide bonds. The lowest BCUT2D eigenvalue weighted by atomic mass is 10.1. The average molecular weight is 260 g/mol. The number of aromatic nitrogens is 3. The zero-order chi connectivity index (χ0) is 13.8. The van der Waals surface area contributed by atoms with Crippen molar-refractivity contribution in [1.82, 2.24) is 14.8 Å². The van der Waals surface area contributed by atoms with Gasteiger partial charge in [0.25, 0.3) is 0 Å². The maximum absolute atomic E-state index is 10.8. The fraction of sp³-hybridized carbons (Fsp3) is 0.167. The fourth-order valence-corrected chi connectivity index (χ4v) is 1.58. The number of carboxylic acid groups (broad SMARTS) is 1. The Balaban J connectivity index is 2.12. The van der Waals surface area contributed by atoms with Gasteiger partial charge in [0.05, 0.1) is 12.1 Å². The summed E-state index contributed by atoms with van der Waals surface area (Å²) in [5.41, 5.74) is 1.01. The first-order valence-electron chi connectivity index (χ1n) is 5.54. The molecule has 0 saturated heterocycles. The molecule has 0 bridgehead atoms. The molecule has 0 saturated carbocycles. The van der Waals surface area contributed by atoms with Gasteiger partial charge in [0.2, 0.25) is 11.9 Å². The average Bonchev–Trinajstić information content (AvgIpc) is 2.76. The van der Waals surface area contributed by atoms with E-state index in [1.807, 2.05) is 0 Å². The topological polar surface area (TPSA) is 97.1 Å². The molecule has 19 heavy (non-hydrogen) atoms. The predicted molar refractivity (Wildman–Crippen MR) is 66.8 cm³/mol. The molecule has 1 aromatic heterocycles. The van der Waals surface area contributed by atoms with E-state index < -0.39 is 5.97 Å². The van der Waals surface area contributed by atoms with Crippen LogP contribution in [0.2, 0.25) is 0 Å². The second kappa shape index (κ2) is 5.30. The van der Waals surface area contributed by atoms with Crippen LogP contribution < -0.4 is 5.32 Å². The molecule has 2 rings (SSSR count). The van der Waals surface area contributed by atoms with Gasteiger partial charge in [0.1, 0.15) is 6.33 Å². The van der Waals surface area contributed by atoms with E-state index in [1.165, 1.54) is 24.0 Å². The Morgan fingerprint density at radius 3 is 2.89 bits per heavy atom. The van der Waals surface area contributed by atoms with Crippen LogP contribution in [0.4, 0.5) is 5.95 Å².